The molecule has 0 atom stereocenters. The number of nitrogens with one attached hydrogen (secondary N) is 1. The van der Waals surface area contributed by atoms with E-state index in [1.165, 1.54) is 17.4 Å². The van der Waals surface area contributed by atoms with Gasteiger partial charge in [-0.3, -0.25) is 4.79 Å². The van der Waals surface area contributed by atoms with Crippen molar-refractivity contribution in [3.05, 3.63) is 47.0 Å². The first-order chi connectivity index (χ1) is 12.9. The standard InChI is InChI=1S/C20H22N2O4S/c1-3-27(24,25)14-6-7-18(26-12-13-4-5-13)16(10-14)17-11-22(2)20(23)19-15(17)8-9-21-19/h6-11,13,21H,3-5,12H2,1-2H3. The van der Waals surface area contributed by atoms with Crippen molar-refractivity contribution in [3.8, 4) is 16.9 Å². The predicted octanol–water partition coefficient (Wildman–Crippen LogP) is 3.12. The number of ether oxygens (including phenoxy) is 1. The molecule has 142 valence electrons. The summed E-state index contributed by atoms with van der Waals surface area (Å²) in [6.45, 7) is 2.25. The molecule has 4 rings (SSSR count). The molecule has 3 aromatic rings. The van der Waals surface area contributed by atoms with Crippen molar-refractivity contribution in [2.45, 2.75) is 24.7 Å². The Bertz CT molecular complexity index is 1170. The Hall–Kier alpha value is -2.54. The summed E-state index contributed by atoms with van der Waals surface area (Å²) in [5.41, 5.74) is 1.82. The average molecular weight is 386 g/mol. The van der Waals surface area contributed by atoms with Crippen LogP contribution in [0.25, 0.3) is 22.0 Å². The molecule has 1 fully saturated rings. The van der Waals surface area contributed by atoms with Crippen LogP contribution in [-0.4, -0.2) is 30.3 Å². The molecular formula is C20H22N2O4S. The summed E-state index contributed by atoms with van der Waals surface area (Å²) >= 11 is 0. The van der Waals surface area contributed by atoms with E-state index in [9.17, 15) is 13.2 Å². The summed E-state index contributed by atoms with van der Waals surface area (Å²) < 4.78 is 32.3. The minimum absolute atomic E-state index is 0.0293. The zero-order valence-corrected chi connectivity index (χ0v) is 16.2. The van der Waals surface area contributed by atoms with Gasteiger partial charge in [0.2, 0.25) is 0 Å². The summed E-state index contributed by atoms with van der Waals surface area (Å²) in [4.78, 5) is 15.6. The summed E-state index contributed by atoms with van der Waals surface area (Å²) in [7, 11) is -1.67. The average Bonchev–Trinajstić information content (AvgIpc) is 3.36. The van der Waals surface area contributed by atoms with Crippen LogP contribution in [0, 0.1) is 5.92 Å². The quantitative estimate of drug-likeness (QED) is 0.706. The van der Waals surface area contributed by atoms with Gasteiger partial charge in [-0.05, 0) is 43.0 Å². The van der Waals surface area contributed by atoms with E-state index in [2.05, 4.69) is 4.98 Å². The zero-order chi connectivity index (χ0) is 19.2. The van der Waals surface area contributed by atoms with E-state index in [0.29, 0.717) is 29.4 Å². The molecule has 0 aliphatic heterocycles. The lowest BCUT2D eigenvalue weighted by atomic mass is 10.0. The molecule has 7 heteroatoms. The molecule has 0 bridgehead atoms. The highest BCUT2D eigenvalue weighted by Crippen LogP contribution is 2.37. The second-order valence-corrected chi connectivity index (χ2v) is 9.32. The monoisotopic (exact) mass is 386 g/mol. The van der Waals surface area contributed by atoms with E-state index >= 15 is 0 Å². The number of aromatic nitrogens is 2. The summed E-state index contributed by atoms with van der Waals surface area (Å²) in [6, 6.07) is 6.82. The number of H-pyrrole nitrogens is 1. The molecule has 0 saturated heterocycles. The van der Waals surface area contributed by atoms with Crippen molar-refractivity contribution >= 4 is 20.7 Å². The Morgan fingerprint density at radius 2 is 2.00 bits per heavy atom. The minimum Gasteiger partial charge on any atom is -0.493 e. The van der Waals surface area contributed by atoms with E-state index in [0.717, 1.165) is 10.9 Å². The lowest BCUT2D eigenvalue weighted by Crippen LogP contribution is -2.16. The molecular weight excluding hydrogens is 364 g/mol. The maximum absolute atomic E-state index is 12.4. The number of sulfone groups is 1. The molecule has 1 N–H and O–H groups in total. The highest BCUT2D eigenvalue weighted by Gasteiger charge is 2.24. The van der Waals surface area contributed by atoms with Crippen molar-refractivity contribution in [1.29, 1.82) is 0 Å². The molecule has 0 amide bonds. The van der Waals surface area contributed by atoms with Crippen molar-refractivity contribution in [2.24, 2.45) is 13.0 Å². The van der Waals surface area contributed by atoms with E-state index in [1.807, 2.05) is 6.07 Å². The summed E-state index contributed by atoms with van der Waals surface area (Å²) in [5, 5.41) is 0.750. The van der Waals surface area contributed by atoms with Crippen LogP contribution in [0.3, 0.4) is 0 Å². The number of hydrogen-bond acceptors (Lipinski definition) is 4. The molecule has 1 saturated carbocycles. The van der Waals surface area contributed by atoms with Crippen molar-refractivity contribution in [1.82, 2.24) is 9.55 Å². The van der Waals surface area contributed by atoms with Crippen LogP contribution >= 0.6 is 0 Å². The van der Waals surface area contributed by atoms with Gasteiger partial charge < -0.3 is 14.3 Å². The molecule has 1 aromatic carbocycles. The van der Waals surface area contributed by atoms with Crippen LogP contribution in [0.15, 0.2) is 46.3 Å². The maximum atomic E-state index is 12.4. The molecule has 0 radical (unpaired) electrons. The molecule has 2 heterocycles. The molecule has 0 spiro atoms. The molecule has 1 aliphatic carbocycles. The lowest BCUT2D eigenvalue weighted by Gasteiger charge is -2.15. The largest absolute Gasteiger partial charge is 0.493 e. The number of aromatic amines is 1. The Balaban J connectivity index is 1.93. The summed E-state index contributed by atoms with van der Waals surface area (Å²) in [5.74, 6) is 1.24. The fourth-order valence-electron chi connectivity index (χ4n) is 3.18. The number of aryl methyl sites for hydroxylation is 1. The first-order valence-electron chi connectivity index (χ1n) is 9.07. The van der Waals surface area contributed by atoms with Crippen LogP contribution in [0.4, 0.5) is 0 Å². The third kappa shape index (κ3) is 3.27. The van der Waals surface area contributed by atoms with Crippen LogP contribution in [-0.2, 0) is 16.9 Å². The highest BCUT2D eigenvalue weighted by atomic mass is 32.2. The molecule has 1 aliphatic rings. The number of hydrogen-bond donors (Lipinski definition) is 1. The van der Waals surface area contributed by atoms with Crippen LogP contribution < -0.4 is 10.3 Å². The van der Waals surface area contributed by atoms with Crippen molar-refractivity contribution in [2.75, 3.05) is 12.4 Å². The van der Waals surface area contributed by atoms with Gasteiger partial charge in [0.15, 0.2) is 9.84 Å². The Morgan fingerprint density at radius 3 is 2.70 bits per heavy atom. The van der Waals surface area contributed by atoms with Crippen molar-refractivity contribution < 1.29 is 13.2 Å². The van der Waals surface area contributed by atoms with Gasteiger partial charge in [0.25, 0.3) is 5.56 Å². The van der Waals surface area contributed by atoms with Crippen molar-refractivity contribution in [3.63, 3.8) is 0 Å². The van der Waals surface area contributed by atoms with Crippen LogP contribution in [0.2, 0.25) is 0 Å². The zero-order valence-electron chi connectivity index (χ0n) is 15.4. The second-order valence-electron chi connectivity index (χ2n) is 7.04. The molecule has 2 aromatic heterocycles. The molecule has 6 nitrogen and oxygen atoms in total. The van der Waals surface area contributed by atoms with Crippen LogP contribution in [0.1, 0.15) is 19.8 Å². The Labute approximate surface area is 157 Å². The predicted molar refractivity (Wildman–Crippen MR) is 105 cm³/mol. The Morgan fingerprint density at radius 1 is 1.22 bits per heavy atom. The van der Waals surface area contributed by atoms with Crippen LogP contribution in [0.5, 0.6) is 5.75 Å². The van der Waals surface area contributed by atoms with E-state index in [4.69, 9.17) is 4.74 Å². The van der Waals surface area contributed by atoms with E-state index < -0.39 is 9.84 Å². The first-order valence-corrected chi connectivity index (χ1v) is 10.7. The fraction of sp³-hybridized carbons (Fsp3) is 0.350. The molecule has 0 unspecified atom stereocenters. The highest BCUT2D eigenvalue weighted by molar-refractivity contribution is 7.91. The number of rotatable bonds is 6. The topological polar surface area (TPSA) is 81.2 Å². The fourth-order valence-corrected chi connectivity index (χ4v) is 4.09. The number of benzene rings is 1. The molecule has 27 heavy (non-hydrogen) atoms. The first kappa shape index (κ1) is 17.9. The second kappa shape index (κ2) is 6.56. The maximum Gasteiger partial charge on any atom is 0.274 e. The van der Waals surface area contributed by atoms with Gasteiger partial charge in [0.05, 0.1) is 17.3 Å². The van der Waals surface area contributed by atoms with Gasteiger partial charge in [-0.1, -0.05) is 6.92 Å². The van der Waals surface area contributed by atoms with E-state index in [-0.39, 0.29) is 16.2 Å². The van der Waals surface area contributed by atoms with Gasteiger partial charge in [-0.15, -0.1) is 0 Å². The van der Waals surface area contributed by atoms with Gasteiger partial charge in [0, 0.05) is 36.0 Å². The number of pyridine rings is 1. The van der Waals surface area contributed by atoms with E-state index in [1.54, 1.807) is 44.6 Å². The van der Waals surface area contributed by atoms with Gasteiger partial charge in [0.1, 0.15) is 11.3 Å². The SMILES string of the molecule is CCS(=O)(=O)c1ccc(OCC2CC2)c(-c2cn(C)c(=O)c3[nH]ccc23)c1. The smallest absolute Gasteiger partial charge is 0.274 e. The third-order valence-electron chi connectivity index (χ3n) is 5.05. The number of fused-ring (bicyclic) bond motifs is 1. The lowest BCUT2D eigenvalue weighted by molar-refractivity contribution is 0.301. The normalized spacial score (nSPS) is 14.6. The summed E-state index contributed by atoms with van der Waals surface area (Å²) in [6.07, 6.45) is 5.78. The third-order valence-corrected chi connectivity index (χ3v) is 6.78. The van der Waals surface area contributed by atoms with Gasteiger partial charge >= 0.3 is 0 Å². The Kier molecular flexibility index (Phi) is 4.34. The number of nitrogens with zero attached hydrogens (tertiary/aromatic N) is 1. The minimum atomic E-state index is -3.35. The van der Waals surface area contributed by atoms with Gasteiger partial charge in [-0.25, -0.2) is 8.42 Å². The van der Waals surface area contributed by atoms with Gasteiger partial charge in [-0.2, -0.15) is 0 Å².